The number of amides is 1. The van der Waals surface area contributed by atoms with E-state index in [-0.39, 0.29) is 5.91 Å². The number of likely N-dealkylation sites (tertiary alicyclic amines) is 1. The lowest BCUT2D eigenvalue weighted by molar-refractivity contribution is -0.111. The van der Waals surface area contributed by atoms with Gasteiger partial charge in [-0.25, -0.2) is 4.98 Å². The van der Waals surface area contributed by atoms with Crippen molar-refractivity contribution in [2.75, 3.05) is 23.7 Å². The minimum Gasteiger partial charge on any atom is -0.323 e. The molecule has 1 aliphatic rings. The number of rotatable bonds is 7. The largest absolute Gasteiger partial charge is 0.323 e. The third-order valence-corrected chi connectivity index (χ3v) is 5.31. The van der Waals surface area contributed by atoms with Gasteiger partial charge in [-0.2, -0.15) is 5.10 Å². The molecule has 2 aromatic heterocycles. The molecule has 1 aliphatic heterocycles. The Kier molecular flexibility index (Phi) is 6.43. The number of benzene rings is 1. The molecule has 7 heteroatoms. The van der Waals surface area contributed by atoms with Crippen molar-refractivity contribution in [3.63, 3.8) is 0 Å². The number of carbonyl (C=O) groups excluding carboxylic acids is 1. The van der Waals surface area contributed by atoms with Crippen molar-refractivity contribution in [2.45, 2.75) is 32.7 Å². The number of pyridine rings is 1. The highest BCUT2D eigenvalue weighted by Gasteiger charge is 2.13. The van der Waals surface area contributed by atoms with Crippen LogP contribution in [0.2, 0.25) is 0 Å². The molecule has 0 saturated carbocycles. The third kappa shape index (κ3) is 5.58. The summed E-state index contributed by atoms with van der Waals surface area (Å²) in [7, 11) is 0. The predicted molar refractivity (Wildman–Crippen MR) is 124 cm³/mol. The minimum atomic E-state index is -0.236. The van der Waals surface area contributed by atoms with Gasteiger partial charge in [0.05, 0.1) is 5.69 Å². The fraction of sp³-hybridized carbons (Fsp3) is 0.292. The van der Waals surface area contributed by atoms with Crippen molar-refractivity contribution in [3.8, 4) is 11.3 Å². The monoisotopic (exact) mass is 416 g/mol. The molecule has 0 radical (unpaired) electrons. The van der Waals surface area contributed by atoms with Crippen LogP contribution in [0, 0.1) is 6.92 Å². The van der Waals surface area contributed by atoms with E-state index >= 15 is 0 Å². The van der Waals surface area contributed by atoms with Gasteiger partial charge in [-0.05, 0) is 68.8 Å². The van der Waals surface area contributed by atoms with Gasteiger partial charge in [-0.1, -0.05) is 25.1 Å². The molecule has 0 unspecified atom stereocenters. The zero-order valence-corrected chi connectivity index (χ0v) is 17.8. The van der Waals surface area contributed by atoms with Crippen LogP contribution in [-0.4, -0.2) is 39.1 Å². The van der Waals surface area contributed by atoms with Crippen LogP contribution in [0.15, 0.2) is 55.1 Å². The number of aromatic nitrogens is 3. The zero-order chi connectivity index (χ0) is 21.6. The number of hydrogen-bond donors (Lipinski definition) is 3. The lowest BCUT2D eigenvalue weighted by atomic mass is 10.1. The normalized spacial score (nSPS) is 14.2. The van der Waals surface area contributed by atoms with E-state index in [9.17, 15) is 4.79 Å². The molecule has 4 rings (SSSR count). The van der Waals surface area contributed by atoms with Crippen LogP contribution in [0.1, 0.15) is 30.5 Å². The van der Waals surface area contributed by atoms with E-state index < -0.39 is 0 Å². The van der Waals surface area contributed by atoms with Crippen LogP contribution in [0.25, 0.3) is 11.3 Å². The number of carbonyl (C=O) groups is 1. The predicted octanol–water partition coefficient (Wildman–Crippen LogP) is 4.63. The molecule has 1 amide bonds. The molecule has 3 aromatic rings. The van der Waals surface area contributed by atoms with E-state index in [0.29, 0.717) is 5.69 Å². The standard InChI is InChI=1S/C24H28N6O/c1-3-24(31)25-20-9-7-8-19(15-20)21-13-18(16-30-10-5-4-6-11-30)14-22(26-21)27-23-12-17(2)28-29-23/h3,7-9,12-15H,1,4-6,10-11,16H2,2H3,(H,25,31)(H2,26,27,28,29). The number of nitrogens with zero attached hydrogens (tertiary/aromatic N) is 3. The SMILES string of the molecule is C=CC(=O)Nc1cccc(-c2cc(CN3CCCCC3)cc(Nc3cc(C)[nH]n3)n2)c1. The molecule has 160 valence electrons. The summed E-state index contributed by atoms with van der Waals surface area (Å²) in [6.07, 6.45) is 5.08. The first-order valence-corrected chi connectivity index (χ1v) is 10.7. The smallest absolute Gasteiger partial charge is 0.247 e. The van der Waals surface area contributed by atoms with Crippen molar-refractivity contribution in [2.24, 2.45) is 0 Å². The Morgan fingerprint density at radius 2 is 2.00 bits per heavy atom. The van der Waals surface area contributed by atoms with Crippen molar-refractivity contribution < 1.29 is 4.79 Å². The summed E-state index contributed by atoms with van der Waals surface area (Å²) in [5.41, 5.74) is 4.67. The summed E-state index contributed by atoms with van der Waals surface area (Å²) < 4.78 is 0. The molecule has 31 heavy (non-hydrogen) atoms. The van der Waals surface area contributed by atoms with Crippen LogP contribution in [0.3, 0.4) is 0 Å². The molecule has 1 aromatic carbocycles. The number of anilines is 3. The molecule has 3 heterocycles. The summed E-state index contributed by atoms with van der Waals surface area (Å²) >= 11 is 0. The number of aryl methyl sites for hydroxylation is 1. The Bertz CT molecular complexity index is 1070. The number of piperidine rings is 1. The lowest BCUT2D eigenvalue weighted by Gasteiger charge is -2.26. The third-order valence-electron chi connectivity index (χ3n) is 5.31. The van der Waals surface area contributed by atoms with Crippen LogP contribution >= 0.6 is 0 Å². The fourth-order valence-corrected chi connectivity index (χ4v) is 3.83. The van der Waals surface area contributed by atoms with Gasteiger partial charge in [-0.3, -0.25) is 14.8 Å². The van der Waals surface area contributed by atoms with E-state index in [1.165, 1.54) is 30.9 Å². The summed E-state index contributed by atoms with van der Waals surface area (Å²) in [5.74, 6) is 1.25. The minimum absolute atomic E-state index is 0.236. The summed E-state index contributed by atoms with van der Waals surface area (Å²) in [6, 6.07) is 13.9. The van der Waals surface area contributed by atoms with Crippen molar-refractivity contribution >= 4 is 23.2 Å². The van der Waals surface area contributed by atoms with Crippen LogP contribution in [0.4, 0.5) is 17.3 Å². The molecule has 0 aliphatic carbocycles. The van der Waals surface area contributed by atoms with Gasteiger partial charge in [0.25, 0.3) is 0 Å². The van der Waals surface area contributed by atoms with Gasteiger partial charge in [0, 0.05) is 29.6 Å². The average Bonchev–Trinajstić information content (AvgIpc) is 3.19. The van der Waals surface area contributed by atoms with Crippen LogP contribution in [0.5, 0.6) is 0 Å². The summed E-state index contributed by atoms with van der Waals surface area (Å²) in [6.45, 7) is 8.62. The highest BCUT2D eigenvalue weighted by molar-refractivity contribution is 5.99. The molecule has 0 spiro atoms. The molecule has 0 atom stereocenters. The molecule has 7 nitrogen and oxygen atoms in total. The maximum Gasteiger partial charge on any atom is 0.247 e. The van der Waals surface area contributed by atoms with E-state index in [1.807, 2.05) is 37.3 Å². The second-order valence-electron chi connectivity index (χ2n) is 7.92. The van der Waals surface area contributed by atoms with Crippen molar-refractivity contribution in [1.29, 1.82) is 0 Å². The first-order valence-electron chi connectivity index (χ1n) is 10.7. The number of nitrogens with one attached hydrogen (secondary N) is 3. The van der Waals surface area contributed by atoms with Gasteiger partial charge < -0.3 is 10.6 Å². The van der Waals surface area contributed by atoms with Crippen LogP contribution in [-0.2, 0) is 11.3 Å². The van der Waals surface area contributed by atoms with Crippen molar-refractivity contribution in [1.82, 2.24) is 20.1 Å². The van der Waals surface area contributed by atoms with Gasteiger partial charge in [-0.15, -0.1) is 0 Å². The van der Waals surface area contributed by atoms with Crippen LogP contribution < -0.4 is 10.6 Å². The van der Waals surface area contributed by atoms with Crippen molar-refractivity contribution in [3.05, 3.63) is 66.4 Å². The molecule has 1 saturated heterocycles. The van der Waals surface area contributed by atoms with E-state index in [1.54, 1.807) is 0 Å². The van der Waals surface area contributed by atoms with E-state index in [2.05, 4.69) is 44.4 Å². The number of H-pyrrole nitrogens is 1. The Hall–Kier alpha value is -3.45. The van der Waals surface area contributed by atoms with Gasteiger partial charge >= 0.3 is 0 Å². The number of hydrogen-bond acceptors (Lipinski definition) is 5. The molecule has 0 bridgehead atoms. The van der Waals surface area contributed by atoms with E-state index in [0.717, 1.165) is 48.2 Å². The van der Waals surface area contributed by atoms with E-state index in [4.69, 9.17) is 4.98 Å². The Labute approximate surface area is 182 Å². The second kappa shape index (κ2) is 9.57. The zero-order valence-electron chi connectivity index (χ0n) is 17.8. The van der Waals surface area contributed by atoms with Gasteiger partial charge in [0.2, 0.25) is 5.91 Å². The lowest BCUT2D eigenvalue weighted by Crippen LogP contribution is -2.29. The maximum atomic E-state index is 11.7. The highest BCUT2D eigenvalue weighted by Crippen LogP contribution is 2.26. The first kappa shape index (κ1) is 20.8. The number of aromatic amines is 1. The highest BCUT2D eigenvalue weighted by atomic mass is 16.1. The topological polar surface area (TPSA) is 85.9 Å². The fourth-order valence-electron chi connectivity index (χ4n) is 3.83. The summed E-state index contributed by atoms with van der Waals surface area (Å²) in [5, 5.41) is 13.4. The summed E-state index contributed by atoms with van der Waals surface area (Å²) in [4.78, 5) is 19.0. The maximum absolute atomic E-state index is 11.7. The molecular weight excluding hydrogens is 388 g/mol. The van der Waals surface area contributed by atoms with Gasteiger partial charge in [0.1, 0.15) is 5.82 Å². The quantitative estimate of drug-likeness (QED) is 0.489. The molecule has 3 N–H and O–H groups in total. The average molecular weight is 417 g/mol. The first-order chi connectivity index (χ1) is 15.1. The van der Waals surface area contributed by atoms with Gasteiger partial charge in [0.15, 0.2) is 5.82 Å². The molecular formula is C24H28N6O. The Morgan fingerprint density at radius 3 is 2.74 bits per heavy atom. The Balaban J connectivity index is 1.65. The second-order valence-corrected chi connectivity index (χ2v) is 7.92. The molecule has 1 fully saturated rings. The Morgan fingerprint density at radius 1 is 1.16 bits per heavy atom.